The molecule has 1 unspecified atom stereocenters. The van der Waals surface area contributed by atoms with Gasteiger partial charge in [-0.3, -0.25) is 9.67 Å². The molecule has 2 heterocycles. The predicted molar refractivity (Wildman–Crippen MR) is 92.4 cm³/mol. The van der Waals surface area contributed by atoms with Crippen LogP contribution in [-0.4, -0.2) is 21.3 Å². The van der Waals surface area contributed by atoms with Crippen LogP contribution in [0.5, 0.6) is 0 Å². The van der Waals surface area contributed by atoms with E-state index in [2.05, 4.69) is 68.0 Å². The van der Waals surface area contributed by atoms with Gasteiger partial charge in [0.2, 0.25) is 0 Å². The van der Waals surface area contributed by atoms with Gasteiger partial charge in [0.05, 0.1) is 28.1 Å². The molecule has 0 saturated carbocycles. The summed E-state index contributed by atoms with van der Waals surface area (Å²) >= 11 is 7.07. The average Bonchev–Trinajstić information content (AvgIpc) is 2.83. The lowest BCUT2D eigenvalue weighted by molar-refractivity contribution is 0.467. The van der Waals surface area contributed by atoms with Crippen molar-refractivity contribution in [3.05, 3.63) is 44.9 Å². The van der Waals surface area contributed by atoms with E-state index in [1.807, 2.05) is 29.2 Å². The van der Waals surface area contributed by atoms with Gasteiger partial charge in [-0.15, -0.1) is 0 Å². The quantitative estimate of drug-likeness (QED) is 0.756. The molecular formula is C15H20Br2N4. The van der Waals surface area contributed by atoms with E-state index in [0.717, 1.165) is 33.3 Å². The molecule has 0 aliphatic rings. The molecule has 0 aromatic carbocycles. The molecule has 1 atom stereocenters. The highest BCUT2D eigenvalue weighted by molar-refractivity contribution is 9.10. The van der Waals surface area contributed by atoms with Crippen LogP contribution in [0.2, 0.25) is 0 Å². The molecule has 0 aliphatic heterocycles. The van der Waals surface area contributed by atoms with Gasteiger partial charge < -0.3 is 5.32 Å². The standard InChI is InChI=1S/C15H20Br2N4/c1-4-7-18-14(13-6-5-11(16)8-19-13)15-12(17)9-20-21(15)10(2)3/h5-6,8-10,14,18H,4,7H2,1-3H3. The van der Waals surface area contributed by atoms with Crippen LogP contribution in [0.1, 0.15) is 50.7 Å². The minimum absolute atomic E-state index is 0.0253. The molecule has 0 amide bonds. The Kier molecular flexibility index (Phi) is 5.96. The number of hydrogen-bond donors (Lipinski definition) is 1. The Morgan fingerprint density at radius 2 is 2.00 bits per heavy atom. The third-order valence-electron chi connectivity index (χ3n) is 3.19. The van der Waals surface area contributed by atoms with Crippen molar-refractivity contribution in [3.63, 3.8) is 0 Å². The molecule has 0 bridgehead atoms. The molecule has 1 N–H and O–H groups in total. The molecule has 114 valence electrons. The van der Waals surface area contributed by atoms with Gasteiger partial charge in [0.15, 0.2) is 0 Å². The van der Waals surface area contributed by atoms with E-state index in [0.29, 0.717) is 6.04 Å². The van der Waals surface area contributed by atoms with E-state index in [1.54, 1.807) is 0 Å². The minimum atomic E-state index is 0.0253. The topological polar surface area (TPSA) is 42.7 Å². The molecule has 21 heavy (non-hydrogen) atoms. The van der Waals surface area contributed by atoms with Crippen molar-refractivity contribution in [1.82, 2.24) is 20.1 Å². The first-order valence-corrected chi connectivity index (χ1v) is 8.71. The molecule has 4 nitrogen and oxygen atoms in total. The van der Waals surface area contributed by atoms with E-state index in [4.69, 9.17) is 0 Å². The zero-order valence-corrected chi connectivity index (χ0v) is 15.6. The number of hydrogen-bond acceptors (Lipinski definition) is 3. The van der Waals surface area contributed by atoms with E-state index in [1.165, 1.54) is 0 Å². The highest BCUT2D eigenvalue weighted by Crippen LogP contribution is 2.30. The molecule has 2 rings (SSSR count). The third kappa shape index (κ3) is 3.93. The Labute approximate surface area is 142 Å². The summed E-state index contributed by atoms with van der Waals surface area (Å²) in [6.45, 7) is 7.36. The van der Waals surface area contributed by atoms with Crippen LogP contribution >= 0.6 is 31.9 Å². The number of rotatable bonds is 6. The van der Waals surface area contributed by atoms with Gasteiger partial charge in [-0.25, -0.2) is 0 Å². The summed E-state index contributed by atoms with van der Waals surface area (Å²) in [4.78, 5) is 4.56. The lowest BCUT2D eigenvalue weighted by Gasteiger charge is -2.22. The molecule has 0 saturated heterocycles. The fraction of sp³-hybridized carbons (Fsp3) is 0.467. The fourth-order valence-electron chi connectivity index (χ4n) is 2.22. The Morgan fingerprint density at radius 3 is 2.57 bits per heavy atom. The largest absolute Gasteiger partial charge is 0.304 e. The average molecular weight is 416 g/mol. The molecule has 2 aromatic heterocycles. The summed E-state index contributed by atoms with van der Waals surface area (Å²) in [5, 5.41) is 8.06. The Morgan fingerprint density at radius 1 is 1.24 bits per heavy atom. The number of nitrogens with zero attached hydrogens (tertiary/aromatic N) is 3. The van der Waals surface area contributed by atoms with E-state index < -0.39 is 0 Å². The summed E-state index contributed by atoms with van der Waals surface area (Å²) in [5.74, 6) is 0. The van der Waals surface area contributed by atoms with Crippen molar-refractivity contribution in [2.45, 2.75) is 39.3 Å². The second-order valence-corrected chi connectivity index (χ2v) is 6.97. The lowest BCUT2D eigenvalue weighted by Crippen LogP contribution is -2.27. The summed E-state index contributed by atoms with van der Waals surface area (Å²) in [5.41, 5.74) is 2.11. The zero-order valence-electron chi connectivity index (χ0n) is 12.5. The van der Waals surface area contributed by atoms with Gasteiger partial charge in [-0.05, 0) is 70.8 Å². The minimum Gasteiger partial charge on any atom is -0.304 e. The maximum atomic E-state index is 4.56. The first kappa shape index (κ1) is 16.6. The zero-order chi connectivity index (χ0) is 15.4. The van der Waals surface area contributed by atoms with Crippen molar-refractivity contribution in [2.24, 2.45) is 0 Å². The molecule has 0 fully saturated rings. The number of halogens is 2. The smallest absolute Gasteiger partial charge is 0.0933 e. The van der Waals surface area contributed by atoms with Crippen molar-refractivity contribution in [3.8, 4) is 0 Å². The SMILES string of the molecule is CCCNC(c1ccc(Br)cn1)c1c(Br)cnn1C(C)C. The predicted octanol–water partition coefficient (Wildman–Crippen LogP) is 4.47. The molecule has 2 aromatic rings. The maximum Gasteiger partial charge on any atom is 0.0933 e. The van der Waals surface area contributed by atoms with Crippen LogP contribution in [0.25, 0.3) is 0 Å². The van der Waals surface area contributed by atoms with Gasteiger partial charge in [0, 0.05) is 16.7 Å². The molecular weight excluding hydrogens is 396 g/mol. The van der Waals surface area contributed by atoms with E-state index >= 15 is 0 Å². The number of nitrogens with one attached hydrogen (secondary N) is 1. The first-order valence-electron chi connectivity index (χ1n) is 7.12. The number of pyridine rings is 1. The molecule has 6 heteroatoms. The third-order valence-corrected chi connectivity index (χ3v) is 4.27. The second kappa shape index (κ2) is 7.51. The van der Waals surface area contributed by atoms with Crippen LogP contribution in [0.15, 0.2) is 33.5 Å². The monoisotopic (exact) mass is 414 g/mol. The van der Waals surface area contributed by atoms with Crippen molar-refractivity contribution >= 4 is 31.9 Å². The van der Waals surface area contributed by atoms with Crippen LogP contribution in [-0.2, 0) is 0 Å². The Hall–Kier alpha value is -0.720. The highest BCUT2D eigenvalue weighted by Gasteiger charge is 2.23. The Bertz CT molecular complexity index is 578. The summed E-state index contributed by atoms with van der Waals surface area (Å²) in [7, 11) is 0. The van der Waals surface area contributed by atoms with Gasteiger partial charge in [-0.2, -0.15) is 5.10 Å². The van der Waals surface area contributed by atoms with Crippen molar-refractivity contribution in [1.29, 1.82) is 0 Å². The maximum absolute atomic E-state index is 4.56. The van der Waals surface area contributed by atoms with Gasteiger partial charge >= 0.3 is 0 Å². The molecule has 0 radical (unpaired) electrons. The Balaban J connectivity index is 2.45. The van der Waals surface area contributed by atoms with E-state index in [9.17, 15) is 0 Å². The van der Waals surface area contributed by atoms with Gasteiger partial charge in [0.1, 0.15) is 0 Å². The fourth-order valence-corrected chi connectivity index (χ4v) is 2.96. The molecule has 0 spiro atoms. The number of aromatic nitrogens is 3. The van der Waals surface area contributed by atoms with Crippen LogP contribution in [0, 0.1) is 0 Å². The normalized spacial score (nSPS) is 12.9. The summed E-state index contributed by atoms with van der Waals surface area (Å²) < 4.78 is 4.03. The lowest BCUT2D eigenvalue weighted by atomic mass is 10.1. The van der Waals surface area contributed by atoms with Crippen molar-refractivity contribution in [2.75, 3.05) is 6.54 Å². The summed E-state index contributed by atoms with van der Waals surface area (Å²) in [6.07, 6.45) is 4.76. The van der Waals surface area contributed by atoms with Crippen molar-refractivity contribution < 1.29 is 0 Å². The van der Waals surface area contributed by atoms with Gasteiger partial charge in [-0.1, -0.05) is 6.92 Å². The van der Waals surface area contributed by atoms with Crippen LogP contribution in [0.4, 0.5) is 0 Å². The van der Waals surface area contributed by atoms with E-state index in [-0.39, 0.29) is 6.04 Å². The van der Waals surface area contributed by atoms with Crippen LogP contribution in [0.3, 0.4) is 0 Å². The van der Waals surface area contributed by atoms with Crippen LogP contribution < -0.4 is 5.32 Å². The molecule has 0 aliphatic carbocycles. The second-order valence-electron chi connectivity index (χ2n) is 5.20. The summed E-state index contributed by atoms with van der Waals surface area (Å²) in [6, 6.07) is 4.39. The first-order chi connectivity index (χ1) is 10.0. The van der Waals surface area contributed by atoms with Gasteiger partial charge in [0.25, 0.3) is 0 Å². The highest BCUT2D eigenvalue weighted by atomic mass is 79.9.